The van der Waals surface area contributed by atoms with Crippen LogP contribution in [0.15, 0.2) is 158 Å². The highest BCUT2D eigenvalue weighted by Gasteiger charge is 2.27. The molecule has 0 fully saturated rings. The van der Waals surface area contributed by atoms with Gasteiger partial charge < -0.3 is 9.30 Å². The molecule has 4 heteroatoms. The Morgan fingerprint density at radius 2 is 1.04 bits per heavy atom. The highest BCUT2D eigenvalue weighted by molar-refractivity contribution is 6.33. The van der Waals surface area contributed by atoms with Crippen LogP contribution in [0.4, 0.5) is 17.1 Å². The molecule has 5 aromatic heterocycles. The minimum atomic E-state index is 0.991. The van der Waals surface area contributed by atoms with Crippen molar-refractivity contribution in [2.45, 2.75) is 0 Å². The van der Waals surface area contributed by atoms with Gasteiger partial charge in [0.2, 0.25) is 0 Å². The van der Waals surface area contributed by atoms with Gasteiger partial charge in [0.15, 0.2) is 0 Å². The van der Waals surface area contributed by atoms with E-state index in [1.165, 1.54) is 65.0 Å². The third-order valence-corrected chi connectivity index (χ3v) is 10.7. The van der Waals surface area contributed by atoms with E-state index in [2.05, 4.69) is 171 Å². The Hall–Kier alpha value is -6.65. The number of fused-ring (bicyclic) bond motifs is 14. The fourth-order valence-corrected chi connectivity index (χ4v) is 8.79. The van der Waals surface area contributed by atoms with Crippen molar-refractivity contribution in [3.05, 3.63) is 158 Å². The van der Waals surface area contributed by atoms with Crippen molar-refractivity contribution in [3.63, 3.8) is 0 Å². The molecule has 0 unspecified atom stereocenters. The Bertz CT molecular complexity index is 3220. The van der Waals surface area contributed by atoms with Gasteiger partial charge in [0.05, 0.1) is 38.8 Å². The van der Waals surface area contributed by atoms with Crippen LogP contribution in [0.25, 0.3) is 87.2 Å². The van der Waals surface area contributed by atoms with Crippen LogP contribution in [-0.4, -0.2) is 13.8 Å². The third-order valence-electron chi connectivity index (χ3n) is 10.7. The van der Waals surface area contributed by atoms with Crippen LogP contribution in [0, 0.1) is 0 Å². The summed E-state index contributed by atoms with van der Waals surface area (Å²) < 4.78 is 4.90. The Labute approximate surface area is 279 Å². The summed E-state index contributed by atoms with van der Waals surface area (Å²) in [5, 5.41) is 11.1. The second-order valence-electron chi connectivity index (χ2n) is 13.2. The molecular weight excluding hydrogens is 597 g/mol. The van der Waals surface area contributed by atoms with E-state index in [1.54, 1.807) is 0 Å². The summed E-state index contributed by atoms with van der Waals surface area (Å²) in [6.07, 6.45) is 0. The summed E-state index contributed by atoms with van der Waals surface area (Å²) in [6.45, 7) is 0. The van der Waals surface area contributed by atoms with Crippen molar-refractivity contribution in [1.29, 1.82) is 0 Å². The topological polar surface area (TPSA) is 25.0 Å². The van der Waals surface area contributed by atoms with Crippen LogP contribution in [0.2, 0.25) is 0 Å². The monoisotopic (exact) mass is 622 g/mol. The quantitative estimate of drug-likeness (QED) is 0.196. The fraction of sp³-hybridized carbons (Fsp3) is 0. The first-order valence-electron chi connectivity index (χ1n) is 16.8. The second-order valence-corrected chi connectivity index (χ2v) is 13.2. The van der Waals surface area contributed by atoms with E-state index in [4.69, 9.17) is 4.98 Å². The molecule has 0 saturated heterocycles. The molecule has 12 aromatic rings. The number of benzene rings is 7. The molecule has 49 heavy (non-hydrogen) atoms. The molecule has 5 heterocycles. The molecule has 0 aliphatic carbocycles. The zero-order valence-electron chi connectivity index (χ0n) is 26.3. The first-order valence-corrected chi connectivity index (χ1v) is 16.8. The number of rotatable bonds is 3. The number of pyridine rings is 1. The van der Waals surface area contributed by atoms with Crippen LogP contribution in [0.5, 0.6) is 0 Å². The van der Waals surface area contributed by atoms with E-state index < -0.39 is 0 Å². The summed E-state index contributed by atoms with van der Waals surface area (Å²) in [5.74, 6) is 0. The van der Waals surface area contributed by atoms with Crippen molar-refractivity contribution >= 4 is 104 Å². The third kappa shape index (κ3) is 3.12. The maximum Gasteiger partial charge on any atom is 0.146 e. The minimum Gasteiger partial charge on any atom is -0.308 e. The van der Waals surface area contributed by atoms with Gasteiger partial charge in [-0.1, -0.05) is 109 Å². The van der Waals surface area contributed by atoms with E-state index in [1.807, 2.05) is 0 Å². The number of para-hydroxylation sites is 5. The number of hydrogen-bond donors (Lipinski definition) is 0. The predicted molar refractivity (Wildman–Crippen MR) is 206 cm³/mol. The molecule has 0 amide bonds. The van der Waals surface area contributed by atoms with Crippen molar-refractivity contribution in [3.8, 4) is 0 Å². The Morgan fingerprint density at radius 3 is 1.84 bits per heavy atom. The lowest BCUT2D eigenvalue weighted by molar-refractivity contribution is 1.25. The number of anilines is 3. The summed E-state index contributed by atoms with van der Waals surface area (Å²) in [5.41, 5.74) is 11.4. The zero-order chi connectivity index (χ0) is 31.8. The second kappa shape index (κ2) is 9.03. The van der Waals surface area contributed by atoms with Crippen LogP contribution in [0.1, 0.15) is 0 Å². The predicted octanol–water partition coefficient (Wildman–Crippen LogP) is 12.0. The lowest BCUT2D eigenvalue weighted by Gasteiger charge is -2.26. The van der Waals surface area contributed by atoms with E-state index in [9.17, 15) is 0 Å². The van der Waals surface area contributed by atoms with Crippen molar-refractivity contribution in [2.24, 2.45) is 0 Å². The molecule has 0 N–H and O–H groups in total. The summed E-state index contributed by atoms with van der Waals surface area (Å²) in [7, 11) is 0. The van der Waals surface area contributed by atoms with E-state index in [0.717, 1.165) is 39.3 Å². The summed E-state index contributed by atoms with van der Waals surface area (Å²) in [4.78, 5) is 8.07. The molecule has 0 aliphatic heterocycles. The highest BCUT2D eigenvalue weighted by atomic mass is 15.2. The van der Waals surface area contributed by atoms with Gasteiger partial charge in [-0.2, -0.15) is 0 Å². The zero-order valence-corrected chi connectivity index (χ0v) is 26.3. The van der Waals surface area contributed by atoms with E-state index in [-0.39, 0.29) is 0 Å². The molecule has 226 valence electrons. The number of aromatic nitrogens is 3. The van der Waals surface area contributed by atoms with Crippen LogP contribution in [-0.2, 0) is 0 Å². The molecule has 0 bridgehead atoms. The molecular formula is C45H26N4. The van der Waals surface area contributed by atoms with Crippen LogP contribution < -0.4 is 4.90 Å². The molecule has 0 atom stereocenters. The van der Waals surface area contributed by atoms with Crippen molar-refractivity contribution < 1.29 is 0 Å². The standard InChI is InChI=1S/C45H26N4/c1-3-14-28(15-4-1)47(29-16-5-2-6-17-29)38-24-12-21-33-35-25-27-13-7-8-18-30(27)40-36-26-39-41(46-45(36)49(43(33)38)44(35)40)34-22-11-20-32-31-19-9-10-23-37(31)48(39)42(32)34/h1-26H. The van der Waals surface area contributed by atoms with E-state index in [0.29, 0.717) is 0 Å². The molecule has 0 saturated carbocycles. The lowest BCUT2D eigenvalue weighted by Crippen LogP contribution is -2.10. The van der Waals surface area contributed by atoms with Gasteiger partial charge in [0.25, 0.3) is 0 Å². The average Bonchev–Trinajstić information content (AvgIpc) is 3.88. The van der Waals surface area contributed by atoms with Gasteiger partial charge in [0.1, 0.15) is 5.65 Å². The summed E-state index contributed by atoms with van der Waals surface area (Å²) in [6, 6.07) is 57.2. The highest BCUT2D eigenvalue weighted by Crippen LogP contribution is 2.48. The fourth-order valence-electron chi connectivity index (χ4n) is 8.79. The van der Waals surface area contributed by atoms with Gasteiger partial charge in [-0.05, 0) is 59.3 Å². The molecule has 0 spiro atoms. The number of hydrogen-bond acceptors (Lipinski definition) is 2. The maximum atomic E-state index is 5.69. The van der Waals surface area contributed by atoms with Crippen LogP contribution in [0.3, 0.4) is 0 Å². The van der Waals surface area contributed by atoms with Gasteiger partial charge in [-0.25, -0.2) is 4.98 Å². The minimum absolute atomic E-state index is 0.991. The van der Waals surface area contributed by atoms with Gasteiger partial charge >= 0.3 is 0 Å². The van der Waals surface area contributed by atoms with E-state index >= 15 is 0 Å². The Balaban J connectivity index is 1.33. The summed E-state index contributed by atoms with van der Waals surface area (Å²) >= 11 is 0. The van der Waals surface area contributed by atoms with Crippen molar-refractivity contribution in [1.82, 2.24) is 13.8 Å². The molecule has 4 nitrogen and oxygen atoms in total. The first kappa shape index (κ1) is 25.4. The van der Waals surface area contributed by atoms with Gasteiger partial charge in [-0.3, -0.25) is 4.40 Å². The van der Waals surface area contributed by atoms with Crippen LogP contribution >= 0.6 is 0 Å². The molecule has 0 aliphatic rings. The number of nitrogens with zero attached hydrogens (tertiary/aromatic N) is 4. The lowest BCUT2D eigenvalue weighted by atomic mass is 10.0. The molecule has 0 radical (unpaired) electrons. The first-order chi connectivity index (χ1) is 24.3. The normalized spacial score (nSPS) is 12.5. The Kier molecular flexibility index (Phi) is 4.69. The largest absolute Gasteiger partial charge is 0.308 e. The Morgan fingerprint density at radius 1 is 0.408 bits per heavy atom. The smallest absolute Gasteiger partial charge is 0.146 e. The van der Waals surface area contributed by atoms with Crippen molar-refractivity contribution in [2.75, 3.05) is 4.90 Å². The SMILES string of the molecule is c1ccc(N(c2ccccc2)c2cccc3c4cc5ccccc5c5c6cc7c(nc6n(c23)c45)c2cccc3c4ccccc4n7c32)cc1. The molecule has 7 aromatic carbocycles. The van der Waals surface area contributed by atoms with Gasteiger partial charge in [0, 0.05) is 49.1 Å². The maximum absolute atomic E-state index is 5.69. The average molecular weight is 623 g/mol. The molecule has 12 rings (SSSR count). The van der Waals surface area contributed by atoms with Gasteiger partial charge in [-0.15, -0.1) is 0 Å².